The Bertz CT molecular complexity index is 1560. The first-order valence-electron chi connectivity index (χ1n) is 13.4. The van der Waals surface area contributed by atoms with Crippen LogP contribution in [0.2, 0.25) is 0 Å². The fourth-order valence-electron chi connectivity index (χ4n) is 4.94. The second kappa shape index (κ2) is 12.8. The van der Waals surface area contributed by atoms with Gasteiger partial charge in [-0.05, 0) is 16.7 Å². The zero-order chi connectivity index (χ0) is 28.0. The average Bonchev–Trinajstić information content (AvgIpc) is 3.57. The summed E-state index contributed by atoms with van der Waals surface area (Å²) in [6.45, 7) is 1.70. The SMILES string of the molecule is Nc1nc(F)nc2c1ncn2[C@@H]1S[C@H](COCc2ccccc2)[C@@H](OCc2ccccc2)[C@@H]1OCc1ccccc1. The molecule has 0 spiro atoms. The maximum absolute atomic E-state index is 14.3. The molecule has 3 heterocycles. The number of ether oxygens (including phenoxy) is 3. The molecule has 1 saturated heterocycles. The number of hydrogen-bond donors (Lipinski definition) is 1. The van der Waals surface area contributed by atoms with Gasteiger partial charge in [0.25, 0.3) is 0 Å². The highest BCUT2D eigenvalue weighted by Gasteiger charge is 2.47. The van der Waals surface area contributed by atoms with Crippen LogP contribution in [0, 0.1) is 6.08 Å². The van der Waals surface area contributed by atoms with Crippen molar-refractivity contribution in [2.24, 2.45) is 0 Å². The van der Waals surface area contributed by atoms with Crippen molar-refractivity contribution in [1.29, 1.82) is 0 Å². The molecule has 4 atom stereocenters. The van der Waals surface area contributed by atoms with Gasteiger partial charge in [-0.25, -0.2) is 4.98 Å². The Morgan fingerprint density at radius 1 is 0.756 bits per heavy atom. The molecule has 0 amide bonds. The molecule has 210 valence electrons. The predicted molar refractivity (Wildman–Crippen MR) is 156 cm³/mol. The van der Waals surface area contributed by atoms with E-state index < -0.39 is 12.2 Å². The number of anilines is 1. The first-order chi connectivity index (χ1) is 20.2. The fraction of sp³-hybridized carbons (Fsp3) is 0.258. The Morgan fingerprint density at radius 2 is 1.32 bits per heavy atom. The van der Waals surface area contributed by atoms with Crippen LogP contribution in [0.5, 0.6) is 0 Å². The predicted octanol–water partition coefficient (Wildman–Crippen LogP) is 5.55. The maximum Gasteiger partial charge on any atom is 0.312 e. The van der Waals surface area contributed by atoms with E-state index in [0.717, 1.165) is 16.7 Å². The van der Waals surface area contributed by atoms with E-state index in [2.05, 4.69) is 15.0 Å². The lowest BCUT2D eigenvalue weighted by Gasteiger charge is -2.27. The van der Waals surface area contributed by atoms with E-state index >= 15 is 0 Å². The van der Waals surface area contributed by atoms with E-state index in [-0.39, 0.29) is 22.5 Å². The number of thioether (sulfide) groups is 1. The number of fused-ring (bicyclic) bond motifs is 1. The summed E-state index contributed by atoms with van der Waals surface area (Å²) < 4.78 is 35.5. The summed E-state index contributed by atoms with van der Waals surface area (Å²) in [5.74, 6) is -0.00405. The van der Waals surface area contributed by atoms with Crippen LogP contribution in [0.1, 0.15) is 22.1 Å². The van der Waals surface area contributed by atoms with Gasteiger partial charge in [-0.1, -0.05) is 91.0 Å². The fourth-order valence-corrected chi connectivity index (χ4v) is 6.54. The van der Waals surface area contributed by atoms with Crippen LogP contribution in [-0.2, 0) is 34.0 Å². The Balaban J connectivity index is 1.31. The smallest absolute Gasteiger partial charge is 0.312 e. The summed E-state index contributed by atoms with van der Waals surface area (Å²) >= 11 is 1.64. The monoisotopic (exact) mass is 571 g/mol. The lowest BCUT2D eigenvalue weighted by Crippen LogP contribution is -2.38. The number of aromatic nitrogens is 4. The van der Waals surface area contributed by atoms with Gasteiger partial charge in [-0.3, -0.25) is 4.57 Å². The standard InChI is InChI=1S/C31H30FN5O3S/c32-31-35-28(33)25-29(36-31)37(20-34-25)30-27(40-18-23-14-8-3-9-15-23)26(39-17-22-12-6-2-7-13-22)24(41-30)19-38-16-21-10-4-1-5-11-21/h1-15,20,24,26-27,30H,16-19H2,(H2,33,35,36)/t24-,26-,27+,30-/m1/s1. The van der Waals surface area contributed by atoms with Crippen molar-refractivity contribution >= 4 is 28.7 Å². The molecule has 2 N–H and O–H groups in total. The minimum absolute atomic E-state index is 0.00405. The molecule has 41 heavy (non-hydrogen) atoms. The van der Waals surface area contributed by atoms with Crippen molar-refractivity contribution in [1.82, 2.24) is 19.5 Å². The molecule has 1 aliphatic heterocycles. The van der Waals surface area contributed by atoms with Crippen molar-refractivity contribution in [3.63, 3.8) is 0 Å². The average molecular weight is 572 g/mol. The van der Waals surface area contributed by atoms with Gasteiger partial charge in [0.2, 0.25) is 0 Å². The van der Waals surface area contributed by atoms with Gasteiger partial charge in [-0.15, -0.1) is 11.8 Å². The highest BCUT2D eigenvalue weighted by molar-refractivity contribution is 8.00. The van der Waals surface area contributed by atoms with Crippen LogP contribution in [0.25, 0.3) is 11.2 Å². The molecule has 8 nitrogen and oxygen atoms in total. The molecular weight excluding hydrogens is 541 g/mol. The molecular formula is C31H30FN5O3S. The molecule has 1 fully saturated rings. The largest absolute Gasteiger partial charge is 0.382 e. The number of imidazole rings is 1. The van der Waals surface area contributed by atoms with Gasteiger partial charge >= 0.3 is 6.08 Å². The molecule has 0 aliphatic carbocycles. The number of benzene rings is 3. The Morgan fingerprint density at radius 3 is 1.93 bits per heavy atom. The molecule has 3 aromatic carbocycles. The van der Waals surface area contributed by atoms with E-state index in [0.29, 0.717) is 37.6 Å². The number of nitrogens with zero attached hydrogens (tertiary/aromatic N) is 4. The molecule has 0 saturated carbocycles. The molecule has 5 aromatic rings. The van der Waals surface area contributed by atoms with Crippen molar-refractivity contribution in [2.45, 2.75) is 42.7 Å². The maximum atomic E-state index is 14.3. The van der Waals surface area contributed by atoms with Crippen molar-refractivity contribution in [2.75, 3.05) is 12.3 Å². The molecule has 0 radical (unpaired) electrons. The van der Waals surface area contributed by atoms with Crippen LogP contribution >= 0.6 is 11.8 Å². The van der Waals surface area contributed by atoms with Gasteiger partial charge < -0.3 is 19.9 Å². The summed E-state index contributed by atoms with van der Waals surface area (Å²) in [5, 5.41) is -0.418. The second-order valence-electron chi connectivity index (χ2n) is 9.79. The molecule has 6 rings (SSSR count). The topological polar surface area (TPSA) is 97.3 Å². The van der Waals surface area contributed by atoms with Crippen LogP contribution in [0.4, 0.5) is 10.2 Å². The quantitative estimate of drug-likeness (QED) is 0.206. The third-order valence-corrected chi connectivity index (χ3v) is 8.47. The van der Waals surface area contributed by atoms with E-state index in [4.69, 9.17) is 19.9 Å². The van der Waals surface area contributed by atoms with E-state index in [1.54, 1.807) is 18.1 Å². The number of nitrogen functional groups attached to an aromatic ring is 1. The minimum atomic E-state index is -0.902. The second-order valence-corrected chi connectivity index (χ2v) is 11.2. The first kappa shape index (κ1) is 27.3. The van der Waals surface area contributed by atoms with Gasteiger partial charge in [0, 0.05) is 0 Å². The Labute approximate surface area is 241 Å². The summed E-state index contributed by atoms with van der Waals surface area (Å²) in [6.07, 6.45) is -0.0501. The third-order valence-electron chi connectivity index (χ3n) is 6.94. The lowest BCUT2D eigenvalue weighted by molar-refractivity contribution is -0.0913. The van der Waals surface area contributed by atoms with Crippen LogP contribution in [0.15, 0.2) is 97.3 Å². The van der Waals surface area contributed by atoms with Crippen molar-refractivity contribution in [3.8, 4) is 0 Å². The highest BCUT2D eigenvalue weighted by Crippen LogP contribution is 2.46. The number of hydrogen-bond acceptors (Lipinski definition) is 8. The van der Waals surface area contributed by atoms with Gasteiger partial charge in [-0.2, -0.15) is 14.4 Å². The third kappa shape index (κ3) is 6.41. The number of nitrogens with two attached hydrogens (primary N) is 1. The van der Waals surface area contributed by atoms with Crippen LogP contribution in [-0.4, -0.2) is 43.6 Å². The summed E-state index contributed by atoms with van der Waals surface area (Å²) in [6, 6.07) is 30.1. The lowest BCUT2D eigenvalue weighted by atomic mass is 10.1. The van der Waals surface area contributed by atoms with Crippen LogP contribution in [0.3, 0.4) is 0 Å². The first-order valence-corrected chi connectivity index (χ1v) is 14.3. The van der Waals surface area contributed by atoms with E-state index in [1.165, 1.54) is 0 Å². The van der Waals surface area contributed by atoms with Crippen LogP contribution < -0.4 is 5.73 Å². The summed E-state index contributed by atoms with van der Waals surface area (Å²) in [5.41, 5.74) is 9.82. The highest BCUT2D eigenvalue weighted by atomic mass is 32.2. The molecule has 1 aliphatic rings. The summed E-state index contributed by atoms with van der Waals surface area (Å²) in [4.78, 5) is 12.1. The molecule has 0 bridgehead atoms. The zero-order valence-electron chi connectivity index (χ0n) is 22.3. The Kier molecular flexibility index (Phi) is 8.52. The zero-order valence-corrected chi connectivity index (χ0v) is 23.1. The molecule has 2 aromatic heterocycles. The van der Waals surface area contributed by atoms with Gasteiger partial charge in [0.05, 0.1) is 38.0 Å². The van der Waals surface area contributed by atoms with Gasteiger partial charge in [0.1, 0.15) is 23.1 Å². The van der Waals surface area contributed by atoms with Crippen molar-refractivity contribution < 1.29 is 18.6 Å². The Hall–Kier alpha value is -3.83. The minimum Gasteiger partial charge on any atom is -0.382 e. The normalized spacial score (nSPS) is 20.5. The van der Waals surface area contributed by atoms with E-state index in [9.17, 15) is 4.39 Å². The van der Waals surface area contributed by atoms with Gasteiger partial charge in [0.15, 0.2) is 11.5 Å². The van der Waals surface area contributed by atoms with Crippen molar-refractivity contribution in [3.05, 3.63) is 120 Å². The number of rotatable bonds is 11. The number of halogens is 1. The molecule has 10 heteroatoms. The molecule has 0 unspecified atom stereocenters. The van der Waals surface area contributed by atoms with E-state index in [1.807, 2.05) is 95.6 Å². The summed E-state index contributed by atoms with van der Waals surface area (Å²) in [7, 11) is 0.